The third-order valence-electron chi connectivity index (χ3n) is 7.17. The fourth-order valence-electron chi connectivity index (χ4n) is 5.02. The first kappa shape index (κ1) is 24.6. The van der Waals surface area contributed by atoms with Crippen LogP contribution in [0.15, 0.2) is 60.8 Å². The van der Waals surface area contributed by atoms with Gasteiger partial charge in [0.2, 0.25) is 0 Å². The molecule has 0 aliphatic carbocycles. The number of nitrogens with one attached hydrogen (secondary N) is 1. The molecule has 200 valence electrons. The van der Waals surface area contributed by atoms with E-state index in [-0.39, 0.29) is 5.69 Å². The van der Waals surface area contributed by atoms with Crippen LogP contribution in [0, 0.1) is 10.1 Å². The zero-order valence-corrected chi connectivity index (χ0v) is 20.3. The third kappa shape index (κ3) is 4.60. The lowest BCUT2D eigenvalue weighted by molar-refractivity contribution is -0.384. The molecule has 0 atom stereocenters. The second kappa shape index (κ2) is 8.96. The molecule has 10 nitrogen and oxygen atoms in total. The Bertz CT molecular complexity index is 1560. The maximum Gasteiger partial charge on any atom is 0.416 e. The topological polar surface area (TPSA) is 117 Å². The Morgan fingerprint density at radius 3 is 2.44 bits per heavy atom. The number of non-ortho nitro benzene ring substituents is 1. The van der Waals surface area contributed by atoms with Gasteiger partial charge < -0.3 is 14.6 Å². The van der Waals surface area contributed by atoms with Crippen molar-refractivity contribution < 1.29 is 27.6 Å². The number of anilines is 2. The Labute approximate surface area is 219 Å². The summed E-state index contributed by atoms with van der Waals surface area (Å²) in [4.78, 5) is 38.4. The fourth-order valence-corrected chi connectivity index (χ4v) is 5.02. The number of imidazole rings is 1. The molecule has 2 fully saturated rings. The van der Waals surface area contributed by atoms with Crippen molar-refractivity contribution in [3.63, 3.8) is 0 Å². The van der Waals surface area contributed by atoms with Crippen LogP contribution in [0.1, 0.15) is 18.4 Å². The standard InChI is InChI=1S/C26H21F3N6O4/c27-26(28,29)17-2-7-20-21(13-17)32-23(31-20)16-1-8-22(30-14-16)33-11-9-25(10-12-33)15-34(24(36)39-25)18-3-5-19(6-4-18)35(37)38/h1-8,13-14H,9-12,15H2,(H,31,32). The lowest BCUT2D eigenvalue weighted by atomic mass is 9.91. The van der Waals surface area contributed by atoms with E-state index in [0.717, 1.165) is 18.0 Å². The normalized spacial score (nSPS) is 17.2. The number of nitro benzene ring substituents is 1. The van der Waals surface area contributed by atoms with Crippen molar-refractivity contribution in [2.75, 3.05) is 29.4 Å². The number of piperidine rings is 1. The fraction of sp³-hybridized carbons (Fsp3) is 0.269. The van der Waals surface area contributed by atoms with E-state index in [1.54, 1.807) is 12.3 Å². The number of nitrogens with zero attached hydrogens (tertiary/aromatic N) is 5. The molecule has 0 radical (unpaired) electrons. The highest BCUT2D eigenvalue weighted by Crippen LogP contribution is 2.37. The summed E-state index contributed by atoms with van der Waals surface area (Å²) >= 11 is 0. The van der Waals surface area contributed by atoms with E-state index in [0.29, 0.717) is 60.6 Å². The summed E-state index contributed by atoms with van der Waals surface area (Å²) < 4.78 is 44.8. The Kier molecular flexibility index (Phi) is 5.66. The minimum absolute atomic E-state index is 0.0521. The van der Waals surface area contributed by atoms with Gasteiger partial charge in [-0.1, -0.05) is 0 Å². The quantitative estimate of drug-likeness (QED) is 0.268. The van der Waals surface area contributed by atoms with Crippen molar-refractivity contribution in [1.29, 1.82) is 0 Å². The molecule has 2 aliphatic rings. The average Bonchev–Trinajstić information content (AvgIpc) is 3.49. The minimum atomic E-state index is -4.43. The van der Waals surface area contributed by atoms with Gasteiger partial charge in [-0.2, -0.15) is 13.2 Å². The van der Waals surface area contributed by atoms with Crippen LogP contribution in [0.25, 0.3) is 22.4 Å². The molecule has 1 N–H and O–H groups in total. The number of amides is 1. The number of alkyl halides is 3. The molecule has 0 bridgehead atoms. The van der Waals surface area contributed by atoms with Gasteiger partial charge in [0.05, 0.1) is 28.1 Å². The average molecular weight is 538 g/mol. The third-order valence-corrected chi connectivity index (χ3v) is 7.17. The first-order valence-electron chi connectivity index (χ1n) is 12.1. The highest BCUT2D eigenvalue weighted by Gasteiger charge is 2.47. The lowest BCUT2D eigenvalue weighted by Crippen LogP contribution is -2.47. The number of halogens is 3. The van der Waals surface area contributed by atoms with Gasteiger partial charge >= 0.3 is 12.3 Å². The molecule has 2 saturated heterocycles. The van der Waals surface area contributed by atoms with Crippen LogP contribution in [0.2, 0.25) is 0 Å². The molecule has 4 heterocycles. The van der Waals surface area contributed by atoms with E-state index in [1.165, 1.54) is 35.2 Å². The molecule has 4 aromatic rings. The molecule has 1 spiro atoms. The number of rotatable bonds is 4. The highest BCUT2D eigenvalue weighted by molar-refractivity contribution is 5.90. The van der Waals surface area contributed by atoms with Gasteiger partial charge in [0.25, 0.3) is 5.69 Å². The van der Waals surface area contributed by atoms with Crippen LogP contribution in [-0.4, -0.2) is 51.2 Å². The van der Waals surface area contributed by atoms with Crippen molar-refractivity contribution in [2.45, 2.75) is 24.6 Å². The number of hydrogen-bond acceptors (Lipinski definition) is 7. The molecule has 0 saturated carbocycles. The van der Waals surface area contributed by atoms with Crippen LogP contribution in [0.4, 0.5) is 35.2 Å². The van der Waals surface area contributed by atoms with Crippen molar-refractivity contribution in [2.24, 2.45) is 0 Å². The second-order valence-corrected chi connectivity index (χ2v) is 9.62. The van der Waals surface area contributed by atoms with Crippen LogP contribution in [0.5, 0.6) is 0 Å². The summed E-state index contributed by atoms with van der Waals surface area (Å²) in [6.07, 6.45) is -2.13. The van der Waals surface area contributed by atoms with Gasteiger partial charge in [-0.05, 0) is 42.5 Å². The molecule has 0 unspecified atom stereocenters. The number of aromatic nitrogens is 3. The maximum atomic E-state index is 13.0. The highest BCUT2D eigenvalue weighted by atomic mass is 19.4. The number of H-pyrrole nitrogens is 1. The predicted molar refractivity (Wildman–Crippen MR) is 135 cm³/mol. The van der Waals surface area contributed by atoms with E-state index in [1.807, 2.05) is 6.07 Å². The number of aromatic amines is 1. The van der Waals surface area contributed by atoms with Gasteiger partial charge in [0.1, 0.15) is 17.2 Å². The number of carbonyl (C=O) groups excluding carboxylic acids is 1. The Morgan fingerprint density at radius 2 is 1.79 bits per heavy atom. The predicted octanol–water partition coefficient (Wildman–Crippen LogP) is 5.55. The molecule has 2 aromatic carbocycles. The van der Waals surface area contributed by atoms with Crippen molar-refractivity contribution in [3.8, 4) is 11.4 Å². The summed E-state index contributed by atoms with van der Waals surface area (Å²) in [5.41, 5.74) is 0.451. The van der Waals surface area contributed by atoms with Gasteiger partial charge in [-0.25, -0.2) is 14.8 Å². The first-order chi connectivity index (χ1) is 18.6. The van der Waals surface area contributed by atoms with E-state index in [4.69, 9.17) is 4.74 Å². The summed E-state index contributed by atoms with van der Waals surface area (Å²) in [5.74, 6) is 1.14. The number of hydrogen-bond donors (Lipinski definition) is 1. The van der Waals surface area contributed by atoms with E-state index in [9.17, 15) is 28.1 Å². The summed E-state index contributed by atoms with van der Waals surface area (Å²) in [5, 5.41) is 10.9. The zero-order valence-electron chi connectivity index (χ0n) is 20.3. The van der Waals surface area contributed by atoms with Crippen LogP contribution < -0.4 is 9.80 Å². The Morgan fingerprint density at radius 1 is 1.05 bits per heavy atom. The molecule has 13 heteroatoms. The van der Waals surface area contributed by atoms with Gasteiger partial charge in [-0.3, -0.25) is 15.0 Å². The van der Waals surface area contributed by atoms with Crippen LogP contribution >= 0.6 is 0 Å². The monoisotopic (exact) mass is 538 g/mol. The van der Waals surface area contributed by atoms with E-state index in [2.05, 4.69) is 19.9 Å². The van der Waals surface area contributed by atoms with Gasteiger partial charge in [-0.15, -0.1) is 0 Å². The molecular weight excluding hydrogens is 517 g/mol. The molecule has 2 aliphatic heterocycles. The summed E-state index contributed by atoms with van der Waals surface area (Å²) in [6.45, 7) is 1.54. The minimum Gasteiger partial charge on any atom is -0.440 e. The second-order valence-electron chi connectivity index (χ2n) is 9.62. The number of nitro groups is 1. The summed E-state index contributed by atoms with van der Waals surface area (Å²) in [6, 6.07) is 12.8. The van der Waals surface area contributed by atoms with Crippen molar-refractivity contribution in [1.82, 2.24) is 15.0 Å². The van der Waals surface area contributed by atoms with Crippen LogP contribution in [0.3, 0.4) is 0 Å². The zero-order chi connectivity index (χ0) is 27.4. The summed E-state index contributed by atoms with van der Waals surface area (Å²) in [7, 11) is 0. The smallest absolute Gasteiger partial charge is 0.416 e. The van der Waals surface area contributed by atoms with Gasteiger partial charge in [0.15, 0.2) is 0 Å². The number of benzene rings is 2. The van der Waals surface area contributed by atoms with E-state index < -0.39 is 28.4 Å². The Balaban J connectivity index is 1.12. The number of carbonyl (C=O) groups is 1. The molecule has 2 aromatic heterocycles. The number of ether oxygens (including phenoxy) is 1. The first-order valence-corrected chi connectivity index (χ1v) is 12.1. The SMILES string of the molecule is O=C1OC2(CCN(c3ccc(-c4nc5ccc(C(F)(F)F)cc5[nH]4)cn3)CC2)CN1c1ccc([N+](=O)[O-])cc1. The molecular formula is C26H21F3N6O4. The van der Waals surface area contributed by atoms with Crippen LogP contribution in [-0.2, 0) is 10.9 Å². The van der Waals surface area contributed by atoms with Gasteiger partial charge in [0, 0.05) is 55.5 Å². The van der Waals surface area contributed by atoms with Crippen molar-refractivity contribution in [3.05, 3.63) is 76.5 Å². The van der Waals surface area contributed by atoms with E-state index >= 15 is 0 Å². The molecule has 6 rings (SSSR count). The number of pyridine rings is 1. The Hall–Kier alpha value is -4.68. The number of fused-ring (bicyclic) bond motifs is 1. The largest absolute Gasteiger partial charge is 0.440 e. The molecule has 39 heavy (non-hydrogen) atoms. The maximum absolute atomic E-state index is 13.0. The van der Waals surface area contributed by atoms with Crippen molar-refractivity contribution >= 4 is 34.3 Å². The lowest BCUT2D eigenvalue weighted by Gasteiger charge is -2.38. The molecule has 1 amide bonds.